The van der Waals surface area contributed by atoms with Gasteiger partial charge in [-0.15, -0.1) is 0 Å². The highest BCUT2D eigenvalue weighted by molar-refractivity contribution is 5.83. The normalized spacial score (nSPS) is 10.9. The Bertz CT molecular complexity index is 808. The van der Waals surface area contributed by atoms with Crippen LogP contribution in [-0.2, 0) is 22.2 Å². The number of hydrazine groups is 1. The van der Waals surface area contributed by atoms with Crippen LogP contribution in [-0.4, -0.2) is 25.0 Å². The van der Waals surface area contributed by atoms with Crippen LogP contribution in [0.25, 0.3) is 0 Å². The zero-order chi connectivity index (χ0) is 20.6. The number of benzene rings is 2. The number of halogens is 3. The smallest absolute Gasteiger partial charge is 0.416 e. The summed E-state index contributed by atoms with van der Waals surface area (Å²) in [6, 6.07) is 11.2. The number of carbonyl (C=O) groups excluding carboxylic acids is 2. The molecule has 0 aromatic heterocycles. The number of ether oxygens (including phenoxy) is 2. The molecule has 0 saturated carbocycles. The van der Waals surface area contributed by atoms with Gasteiger partial charge in [-0.2, -0.15) is 13.2 Å². The number of hydrogen-bond donors (Lipinski definition) is 2. The summed E-state index contributed by atoms with van der Waals surface area (Å²) in [5.41, 5.74) is 4.42. The number of aryl methyl sites for hydroxylation is 1. The van der Waals surface area contributed by atoms with Crippen molar-refractivity contribution < 1.29 is 32.2 Å². The number of nitrogens with one attached hydrogen (secondary N) is 2. The fourth-order valence-corrected chi connectivity index (χ4v) is 2.18. The Morgan fingerprint density at radius 2 is 1.46 bits per heavy atom. The minimum absolute atomic E-state index is 0.0917. The average Bonchev–Trinajstić information content (AvgIpc) is 2.69. The van der Waals surface area contributed by atoms with Crippen molar-refractivity contribution in [3.8, 4) is 11.5 Å². The Labute approximate surface area is 159 Å². The van der Waals surface area contributed by atoms with E-state index in [9.17, 15) is 22.8 Å². The van der Waals surface area contributed by atoms with Crippen molar-refractivity contribution in [3.05, 3.63) is 59.7 Å². The van der Waals surface area contributed by atoms with E-state index >= 15 is 0 Å². The Hall–Kier alpha value is -3.23. The molecule has 2 aromatic rings. The molecule has 150 valence electrons. The van der Waals surface area contributed by atoms with E-state index in [1.54, 1.807) is 12.1 Å². The molecular formula is C19H19F3N2O4. The minimum atomic E-state index is -4.44. The molecule has 6 nitrogen and oxygen atoms in total. The number of para-hydroxylation sites is 1. The van der Waals surface area contributed by atoms with E-state index in [1.807, 2.05) is 19.1 Å². The summed E-state index contributed by atoms with van der Waals surface area (Å²) in [5.74, 6) is -0.581. The van der Waals surface area contributed by atoms with Crippen LogP contribution in [0.1, 0.15) is 18.1 Å². The summed E-state index contributed by atoms with van der Waals surface area (Å²) in [7, 11) is 0. The molecule has 2 aromatic carbocycles. The van der Waals surface area contributed by atoms with Gasteiger partial charge in [0, 0.05) is 0 Å². The Balaban J connectivity index is 1.71. The predicted molar refractivity (Wildman–Crippen MR) is 94.5 cm³/mol. The van der Waals surface area contributed by atoms with Gasteiger partial charge in [0.2, 0.25) is 0 Å². The number of alkyl halides is 3. The van der Waals surface area contributed by atoms with Crippen molar-refractivity contribution in [3.63, 3.8) is 0 Å². The minimum Gasteiger partial charge on any atom is -0.484 e. The molecule has 0 spiro atoms. The number of carbonyl (C=O) groups is 2. The fraction of sp³-hybridized carbons (Fsp3) is 0.263. The summed E-state index contributed by atoms with van der Waals surface area (Å²) in [6.45, 7) is 1.18. The predicted octanol–water partition coefficient (Wildman–Crippen LogP) is 2.87. The number of amides is 2. The van der Waals surface area contributed by atoms with E-state index in [0.29, 0.717) is 5.75 Å². The lowest BCUT2D eigenvalue weighted by molar-refractivity contribution is -0.137. The van der Waals surface area contributed by atoms with Crippen LogP contribution < -0.4 is 20.3 Å². The lowest BCUT2D eigenvalue weighted by atomic mass is 10.1. The second kappa shape index (κ2) is 9.63. The van der Waals surface area contributed by atoms with Crippen LogP contribution in [0.2, 0.25) is 0 Å². The second-order valence-electron chi connectivity index (χ2n) is 5.66. The fourth-order valence-electron chi connectivity index (χ4n) is 2.18. The molecule has 0 heterocycles. The molecule has 0 aliphatic heterocycles. The standard InChI is InChI=1S/C19H19F3N2O4/c1-2-13-5-3-4-6-16(13)28-12-18(26)24-23-17(25)11-27-15-9-7-14(8-10-15)19(20,21)22/h3-10H,2,11-12H2,1H3,(H,23,25)(H,24,26). The van der Waals surface area contributed by atoms with Crippen LogP contribution in [0.15, 0.2) is 48.5 Å². The number of rotatable bonds is 7. The molecule has 0 bridgehead atoms. The molecule has 0 unspecified atom stereocenters. The average molecular weight is 396 g/mol. The van der Waals surface area contributed by atoms with Gasteiger partial charge in [-0.05, 0) is 42.3 Å². The van der Waals surface area contributed by atoms with Crippen LogP contribution in [0.3, 0.4) is 0 Å². The Morgan fingerprint density at radius 1 is 0.893 bits per heavy atom. The third-order valence-electron chi connectivity index (χ3n) is 3.61. The molecule has 0 aliphatic rings. The molecule has 9 heteroatoms. The van der Waals surface area contributed by atoms with Crippen molar-refractivity contribution in [2.24, 2.45) is 0 Å². The first kappa shape index (κ1) is 21.1. The van der Waals surface area contributed by atoms with E-state index in [0.717, 1.165) is 36.2 Å². The maximum Gasteiger partial charge on any atom is 0.416 e. The van der Waals surface area contributed by atoms with Crippen LogP contribution in [0.4, 0.5) is 13.2 Å². The molecule has 0 fully saturated rings. The topological polar surface area (TPSA) is 76.7 Å². The molecule has 0 atom stereocenters. The van der Waals surface area contributed by atoms with E-state index in [1.165, 1.54) is 0 Å². The largest absolute Gasteiger partial charge is 0.484 e. The van der Waals surface area contributed by atoms with Gasteiger partial charge in [0.25, 0.3) is 11.8 Å². The molecular weight excluding hydrogens is 377 g/mol. The second-order valence-corrected chi connectivity index (χ2v) is 5.66. The van der Waals surface area contributed by atoms with Gasteiger partial charge in [-0.25, -0.2) is 0 Å². The monoisotopic (exact) mass is 396 g/mol. The van der Waals surface area contributed by atoms with Crippen molar-refractivity contribution in [2.75, 3.05) is 13.2 Å². The van der Waals surface area contributed by atoms with Crippen molar-refractivity contribution in [1.29, 1.82) is 0 Å². The van der Waals surface area contributed by atoms with Gasteiger partial charge in [0.1, 0.15) is 11.5 Å². The molecule has 2 N–H and O–H groups in total. The highest BCUT2D eigenvalue weighted by atomic mass is 19.4. The first-order valence-corrected chi connectivity index (χ1v) is 8.38. The summed E-state index contributed by atoms with van der Waals surface area (Å²) in [4.78, 5) is 23.4. The van der Waals surface area contributed by atoms with Gasteiger partial charge < -0.3 is 9.47 Å². The zero-order valence-electron chi connectivity index (χ0n) is 15.0. The van der Waals surface area contributed by atoms with Crippen molar-refractivity contribution in [1.82, 2.24) is 10.9 Å². The summed E-state index contributed by atoms with van der Waals surface area (Å²) in [6.07, 6.45) is -3.70. The summed E-state index contributed by atoms with van der Waals surface area (Å²) in [5, 5.41) is 0. The number of hydrogen-bond acceptors (Lipinski definition) is 4. The maximum atomic E-state index is 12.5. The van der Waals surface area contributed by atoms with E-state index < -0.39 is 30.2 Å². The molecule has 0 radical (unpaired) electrons. The van der Waals surface area contributed by atoms with Gasteiger partial charge in [-0.1, -0.05) is 25.1 Å². The summed E-state index contributed by atoms with van der Waals surface area (Å²) < 4.78 is 47.9. The van der Waals surface area contributed by atoms with Crippen molar-refractivity contribution in [2.45, 2.75) is 19.5 Å². The van der Waals surface area contributed by atoms with Crippen molar-refractivity contribution >= 4 is 11.8 Å². The van der Waals surface area contributed by atoms with Crippen LogP contribution in [0, 0.1) is 0 Å². The molecule has 28 heavy (non-hydrogen) atoms. The van der Waals surface area contributed by atoms with Gasteiger partial charge in [0.15, 0.2) is 13.2 Å². The third-order valence-corrected chi connectivity index (χ3v) is 3.61. The summed E-state index contributed by atoms with van der Waals surface area (Å²) >= 11 is 0. The van der Waals surface area contributed by atoms with Gasteiger partial charge in [0.05, 0.1) is 5.56 Å². The highest BCUT2D eigenvalue weighted by Gasteiger charge is 2.30. The Morgan fingerprint density at radius 3 is 2.04 bits per heavy atom. The van der Waals surface area contributed by atoms with E-state index in [2.05, 4.69) is 10.9 Å². The van der Waals surface area contributed by atoms with Gasteiger partial charge >= 0.3 is 6.18 Å². The third kappa shape index (κ3) is 6.49. The molecule has 2 amide bonds. The maximum absolute atomic E-state index is 12.5. The van der Waals surface area contributed by atoms with Crippen LogP contribution >= 0.6 is 0 Å². The van der Waals surface area contributed by atoms with E-state index in [4.69, 9.17) is 9.47 Å². The SMILES string of the molecule is CCc1ccccc1OCC(=O)NNC(=O)COc1ccc(C(F)(F)F)cc1. The first-order chi connectivity index (χ1) is 13.3. The molecule has 2 rings (SSSR count). The molecule has 0 aliphatic carbocycles. The zero-order valence-corrected chi connectivity index (χ0v) is 15.0. The van der Waals surface area contributed by atoms with E-state index in [-0.39, 0.29) is 12.4 Å². The molecule has 0 saturated heterocycles. The lowest BCUT2D eigenvalue weighted by Crippen LogP contribution is -2.45. The van der Waals surface area contributed by atoms with Crippen LogP contribution in [0.5, 0.6) is 11.5 Å². The van der Waals surface area contributed by atoms with Gasteiger partial charge in [-0.3, -0.25) is 20.4 Å². The quantitative estimate of drug-likeness (QED) is 0.706. The lowest BCUT2D eigenvalue weighted by Gasteiger charge is -2.12. The Kier molecular flexibility index (Phi) is 7.25. The highest BCUT2D eigenvalue weighted by Crippen LogP contribution is 2.30. The first-order valence-electron chi connectivity index (χ1n) is 8.38.